The standard InChI is InChI=1S/C15H20N6O4/c1-10-7-13(21(23)24)18-20(10)9-12-17-15(25-19-12)14(22)16-8-11-5-3-2-4-6-11/h7,11H,2-6,8-9H2,1H3,(H,16,22). The number of hydrogen-bond acceptors (Lipinski definition) is 7. The van der Waals surface area contributed by atoms with E-state index in [9.17, 15) is 14.9 Å². The Morgan fingerprint density at radius 2 is 2.20 bits per heavy atom. The third kappa shape index (κ3) is 4.20. The Kier molecular flexibility index (Phi) is 5.05. The van der Waals surface area contributed by atoms with Gasteiger partial charge in [0.15, 0.2) is 5.82 Å². The first-order chi connectivity index (χ1) is 12.0. The minimum atomic E-state index is -0.566. The molecule has 0 bridgehead atoms. The number of aromatic nitrogens is 4. The predicted octanol–water partition coefficient (Wildman–Crippen LogP) is 1.84. The topological polar surface area (TPSA) is 129 Å². The van der Waals surface area contributed by atoms with Crippen LogP contribution < -0.4 is 5.32 Å². The minimum absolute atomic E-state index is 0.0963. The average molecular weight is 348 g/mol. The molecule has 134 valence electrons. The Morgan fingerprint density at radius 1 is 1.44 bits per heavy atom. The second-order valence-electron chi connectivity index (χ2n) is 6.29. The molecule has 3 rings (SSSR count). The first-order valence-electron chi connectivity index (χ1n) is 8.32. The van der Waals surface area contributed by atoms with Crippen molar-refractivity contribution >= 4 is 11.7 Å². The van der Waals surface area contributed by atoms with Crippen molar-refractivity contribution in [3.8, 4) is 0 Å². The number of amides is 1. The zero-order valence-electron chi connectivity index (χ0n) is 14.0. The van der Waals surface area contributed by atoms with Crippen molar-refractivity contribution in [1.82, 2.24) is 25.2 Å². The lowest BCUT2D eigenvalue weighted by atomic mass is 9.89. The van der Waals surface area contributed by atoms with Gasteiger partial charge < -0.3 is 20.0 Å². The maximum absolute atomic E-state index is 12.1. The smallest absolute Gasteiger partial charge is 0.358 e. The molecule has 25 heavy (non-hydrogen) atoms. The van der Waals surface area contributed by atoms with E-state index in [-0.39, 0.29) is 24.1 Å². The van der Waals surface area contributed by atoms with E-state index in [0.29, 0.717) is 18.2 Å². The van der Waals surface area contributed by atoms with Crippen molar-refractivity contribution in [2.45, 2.75) is 45.6 Å². The zero-order chi connectivity index (χ0) is 17.8. The zero-order valence-corrected chi connectivity index (χ0v) is 14.0. The van der Waals surface area contributed by atoms with E-state index >= 15 is 0 Å². The van der Waals surface area contributed by atoms with Crippen LogP contribution >= 0.6 is 0 Å². The summed E-state index contributed by atoms with van der Waals surface area (Å²) in [7, 11) is 0. The van der Waals surface area contributed by atoms with Crippen LogP contribution in [0.1, 0.15) is 54.3 Å². The molecule has 0 radical (unpaired) electrons. The molecule has 0 aromatic carbocycles. The number of rotatable bonds is 6. The summed E-state index contributed by atoms with van der Waals surface area (Å²) in [6.45, 7) is 2.40. The van der Waals surface area contributed by atoms with Crippen molar-refractivity contribution in [3.05, 3.63) is 33.6 Å². The maximum atomic E-state index is 12.1. The molecule has 0 aliphatic heterocycles. The highest BCUT2D eigenvalue weighted by molar-refractivity contribution is 5.89. The summed E-state index contributed by atoms with van der Waals surface area (Å²) < 4.78 is 6.38. The van der Waals surface area contributed by atoms with Gasteiger partial charge >= 0.3 is 17.6 Å². The second-order valence-corrected chi connectivity index (χ2v) is 6.29. The van der Waals surface area contributed by atoms with Gasteiger partial charge in [-0.15, -0.1) is 0 Å². The lowest BCUT2D eigenvalue weighted by molar-refractivity contribution is -0.389. The van der Waals surface area contributed by atoms with Gasteiger partial charge in [-0.1, -0.05) is 24.4 Å². The monoisotopic (exact) mass is 348 g/mol. The Morgan fingerprint density at radius 3 is 2.88 bits per heavy atom. The molecule has 1 aliphatic carbocycles. The van der Waals surface area contributed by atoms with Gasteiger partial charge in [0.1, 0.15) is 6.54 Å². The summed E-state index contributed by atoms with van der Waals surface area (Å²) in [6, 6.07) is 1.36. The Balaban J connectivity index is 1.58. The van der Waals surface area contributed by atoms with Crippen molar-refractivity contribution in [2.24, 2.45) is 5.92 Å². The summed E-state index contributed by atoms with van der Waals surface area (Å²) in [6.07, 6.45) is 5.95. The molecule has 1 saturated carbocycles. The van der Waals surface area contributed by atoms with E-state index in [2.05, 4.69) is 20.6 Å². The highest BCUT2D eigenvalue weighted by atomic mass is 16.6. The van der Waals surface area contributed by atoms with Gasteiger partial charge in [0.2, 0.25) is 0 Å². The van der Waals surface area contributed by atoms with Gasteiger partial charge in [-0.2, -0.15) is 9.67 Å². The number of carbonyl (C=O) groups excluding carboxylic acids is 1. The van der Waals surface area contributed by atoms with Crippen LogP contribution in [0.25, 0.3) is 0 Å². The fourth-order valence-corrected chi connectivity index (χ4v) is 2.99. The third-order valence-corrected chi connectivity index (χ3v) is 4.38. The number of carbonyl (C=O) groups is 1. The molecule has 2 aromatic rings. The lowest BCUT2D eigenvalue weighted by Gasteiger charge is -2.21. The van der Waals surface area contributed by atoms with Crippen LogP contribution in [0.15, 0.2) is 10.6 Å². The first kappa shape index (κ1) is 17.1. The van der Waals surface area contributed by atoms with Gasteiger partial charge in [0.05, 0.1) is 16.9 Å². The van der Waals surface area contributed by atoms with E-state index in [1.165, 1.54) is 30.0 Å². The molecule has 1 N–H and O–H groups in total. The lowest BCUT2D eigenvalue weighted by Crippen LogP contribution is -2.30. The summed E-state index contributed by atoms with van der Waals surface area (Å²) in [5.41, 5.74) is 0.597. The number of aryl methyl sites for hydroxylation is 1. The quantitative estimate of drug-likeness (QED) is 0.623. The summed E-state index contributed by atoms with van der Waals surface area (Å²) in [5.74, 6) is 0.000308. The van der Waals surface area contributed by atoms with Crippen molar-refractivity contribution in [2.75, 3.05) is 6.54 Å². The van der Waals surface area contributed by atoms with Crippen molar-refractivity contribution in [3.63, 3.8) is 0 Å². The van der Waals surface area contributed by atoms with Gasteiger partial charge in [-0.05, 0) is 30.6 Å². The van der Waals surface area contributed by atoms with E-state index in [1.54, 1.807) is 6.92 Å². The second kappa shape index (κ2) is 7.41. The van der Waals surface area contributed by atoms with Gasteiger partial charge in [-0.3, -0.25) is 4.79 Å². The third-order valence-electron chi connectivity index (χ3n) is 4.38. The number of hydrogen-bond donors (Lipinski definition) is 1. The molecule has 2 aromatic heterocycles. The normalized spacial score (nSPS) is 15.2. The van der Waals surface area contributed by atoms with Crippen LogP contribution in [-0.4, -0.2) is 37.3 Å². The summed E-state index contributed by atoms with van der Waals surface area (Å²) in [4.78, 5) is 26.3. The molecule has 1 fully saturated rings. The van der Waals surface area contributed by atoms with Crippen molar-refractivity contribution < 1.29 is 14.2 Å². The fraction of sp³-hybridized carbons (Fsp3) is 0.600. The Labute approximate surface area is 143 Å². The molecule has 0 atom stereocenters. The predicted molar refractivity (Wildman–Crippen MR) is 85.9 cm³/mol. The molecule has 0 saturated heterocycles. The summed E-state index contributed by atoms with van der Waals surface area (Å²) in [5, 5.41) is 21.2. The number of nitrogens with one attached hydrogen (secondary N) is 1. The van der Waals surface area contributed by atoms with Crippen LogP contribution in [0.2, 0.25) is 0 Å². The molecular weight excluding hydrogens is 328 g/mol. The highest BCUT2D eigenvalue weighted by Gasteiger charge is 2.21. The average Bonchev–Trinajstić information content (AvgIpc) is 3.21. The van der Waals surface area contributed by atoms with E-state index in [1.807, 2.05) is 0 Å². The van der Waals surface area contributed by atoms with Gasteiger partial charge in [0, 0.05) is 6.54 Å². The summed E-state index contributed by atoms with van der Waals surface area (Å²) >= 11 is 0. The molecule has 0 unspecified atom stereocenters. The highest BCUT2D eigenvalue weighted by Crippen LogP contribution is 2.22. The first-order valence-corrected chi connectivity index (χ1v) is 8.32. The molecule has 10 nitrogen and oxygen atoms in total. The van der Waals surface area contributed by atoms with E-state index < -0.39 is 10.8 Å². The van der Waals surface area contributed by atoms with Gasteiger partial charge in [-0.25, -0.2) is 0 Å². The molecular formula is C15H20N6O4. The molecule has 1 amide bonds. The van der Waals surface area contributed by atoms with Crippen LogP contribution in [0, 0.1) is 23.0 Å². The molecule has 10 heteroatoms. The largest absolute Gasteiger partial charge is 0.390 e. The van der Waals surface area contributed by atoms with Crippen LogP contribution in [-0.2, 0) is 6.54 Å². The van der Waals surface area contributed by atoms with Crippen molar-refractivity contribution in [1.29, 1.82) is 0 Å². The van der Waals surface area contributed by atoms with Crippen LogP contribution in [0.5, 0.6) is 0 Å². The molecule has 0 spiro atoms. The van der Waals surface area contributed by atoms with Gasteiger partial charge in [0.25, 0.3) is 0 Å². The fourth-order valence-electron chi connectivity index (χ4n) is 2.99. The molecule has 2 heterocycles. The van der Waals surface area contributed by atoms with E-state index in [4.69, 9.17) is 4.52 Å². The maximum Gasteiger partial charge on any atom is 0.390 e. The minimum Gasteiger partial charge on any atom is -0.358 e. The van der Waals surface area contributed by atoms with E-state index in [0.717, 1.165) is 12.8 Å². The molecule has 1 aliphatic rings. The SMILES string of the molecule is Cc1cc([N+](=O)[O-])nn1Cc1noc(C(=O)NCC2CCCCC2)n1. The Hall–Kier alpha value is -2.78. The number of nitro groups is 1. The Bertz CT molecular complexity index is 762. The van der Waals surface area contributed by atoms with Crippen LogP contribution in [0.4, 0.5) is 5.82 Å². The number of nitrogens with zero attached hydrogens (tertiary/aromatic N) is 5. The van der Waals surface area contributed by atoms with Crippen LogP contribution in [0.3, 0.4) is 0 Å².